The molecule has 0 aliphatic carbocycles. The Morgan fingerprint density at radius 2 is 1.92 bits per heavy atom. The monoisotopic (exact) mass is 362 g/mol. The number of carbonyl (C=O) groups is 2. The summed E-state index contributed by atoms with van der Waals surface area (Å²) in [4.78, 5) is 27.9. The second-order valence-electron chi connectivity index (χ2n) is 5.10. The smallest absolute Gasteiger partial charge is 0.305 e. The van der Waals surface area contributed by atoms with Crippen molar-refractivity contribution in [3.63, 3.8) is 0 Å². The Bertz CT molecular complexity index is 865. The summed E-state index contributed by atoms with van der Waals surface area (Å²) in [6.07, 6.45) is -1.31. The number of aliphatic imine (C=N–C) groups is 1. The summed E-state index contributed by atoms with van der Waals surface area (Å²) in [6, 6.07) is 12.1. The lowest BCUT2D eigenvalue weighted by molar-refractivity contribution is -0.151. The maximum atomic E-state index is 12.3. The van der Waals surface area contributed by atoms with Gasteiger partial charge in [0.05, 0.1) is 11.4 Å². The van der Waals surface area contributed by atoms with Gasteiger partial charge in [0.2, 0.25) is 0 Å². The van der Waals surface area contributed by atoms with Crippen LogP contribution in [0.3, 0.4) is 0 Å². The summed E-state index contributed by atoms with van der Waals surface area (Å²) in [5.41, 5.74) is 2.13. The summed E-state index contributed by atoms with van der Waals surface area (Å²) < 4.78 is 5.02. The molecule has 2 aromatic rings. The van der Waals surface area contributed by atoms with Crippen molar-refractivity contribution in [2.45, 2.75) is 13.2 Å². The van der Waals surface area contributed by atoms with E-state index < -0.39 is 18.1 Å². The number of anilines is 1. The molecule has 0 spiro atoms. The van der Waals surface area contributed by atoms with E-state index >= 15 is 0 Å². The lowest BCUT2D eigenvalue weighted by Crippen LogP contribution is -2.29. The molecule has 1 aliphatic heterocycles. The molecule has 0 fully saturated rings. The number of fused-ring (bicyclic) bond motifs is 1. The van der Waals surface area contributed by atoms with Crippen molar-refractivity contribution in [2.24, 2.45) is 4.99 Å². The summed E-state index contributed by atoms with van der Waals surface area (Å²) in [7, 11) is 0. The molecule has 1 atom stereocenters. The third kappa shape index (κ3) is 3.27. The number of carbonyl (C=O) groups excluding carboxylic acids is 2. The molecule has 0 saturated heterocycles. The topological polar surface area (TPSA) is 67.8 Å². The van der Waals surface area contributed by atoms with E-state index in [0.717, 1.165) is 0 Å². The lowest BCUT2D eigenvalue weighted by atomic mass is 10.0. The number of amides is 1. The number of rotatable bonds is 2. The van der Waals surface area contributed by atoms with Crippen LogP contribution in [0.1, 0.15) is 18.1 Å². The van der Waals surface area contributed by atoms with Crippen LogP contribution in [0.5, 0.6) is 0 Å². The first kappa shape index (κ1) is 16.5. The van der Waals surface area contributed by atoms with Crippen LogP contribution in [0, 0.1) is 0 Å². The van der Waals surface area contributed by atoms with Gasteiger partial charge in [-0.25, -0.2) is 4.99 Å². The first-order chi connectivity index (χ1) is 11.5. The van der Waals surface area contributed by atoms with E-state index in [1.165, 1.54) is 6.92 Å². The minimum atomic E-state index is -1.31. The van der Waals surface area contributed by atoms with E-state index in [9.17, 15) is 9.59 Å². The van der Waals surface area contributed by atoms with Crippen molar-refractivity contribution < 1.29 is 14.3 Å². The van der Waals surface area contributed by atoms with Crippen LogP contribution >= 0.6 is 23.2 Å². The molecule has 0 radical (unpaired) electrons. The summed E-state index contributed by atoms with van der Waals surface area (Å²) in [5, 5.41) is 3.63. The van der Waals surface area contributed by atoms with E-state index in [4.69, 9.17) is 27.9 Å². The Morgan fingerprint density at radius 3 is 2.62 bits per heavy atom. The zero-order chi connectivity index (χ0) is 17.3. The molecule has 24 heavy (non-hydrogen) atoms. The van der Waals surface area contributed by atoms with Crippen LogP contribution in [0.15, 0.2) is 47.5 Å². The van der Waals surface area contributed by atoms with Gasteiger partial charge in [-0.15, -0.1) is 0 Å². The molecule has 1 heterocycles. The standard InChI is InChI=1S/C17H12Cl2N2O3/c1-9(22)24-17-16(23)20-14-7-6-10(18)8-12(14)15(21-17)11-4-2-3-5-13(11)19/h2-8,17H,1H3,(H,20,23)/t17-/m1/s1. The second-order valence-corrected chi connectivity index (χ2v) is 5.94. The van der Waals surface area contributed by atoms with Crippen molar-refractivity contribution in [3.8, 4) is 0 Å². The van der Waals surface area contributed by atoms with Gasteiger partial charge < -0.3 is 10.1 Å². The predicted octanol–water partition coefficient (Wildman–Crippen LogP) is 3.67. The van der Waals surface area contributed by atoms with Crippen LogP contribution in [0.4, 0.5) is 5.69 Å². The molecule has 122 valence electrons. The molecule has 5 nitrogen and oxygen atoms in total. The Hall–Kier alpha value is -2.37. The highest BCUT2D eigenvalue weighted by molar-refractivity contribution is 6.37. The molecule has 1 aliphatic rings. The van der Waals surface area contributed by atoms with E-state index in [-0.39, 0.29) is 0 Å². The number of benzene rings is 2. The minimum absolute atomic E-state index is 0.419. The molecule has 2 aromatic carbocycles. The third-order valence-electron chi connectivity index (χ3n) is 3.37. The number of nitrogens with zero attached hydrogens (tertiary/aromatic N) is 1. The first-order valence-corrected chi connectivity index (χ1v) is 7.82. The molecule has 0 bridgehead atoms. The van der Waals surface area contributed by atoms with Crippen LogP contribution < -0.4 is 5.32 Å². The average Bonchev–Trinajstić information content (AvgIpc) is 2.65. The minimum Gasteiger partial charge on any atom is -0.430 e. The highest BCUT2D eigenvalue weighted by Gasteiger charge is 2.28. The Labute approximate surface area is 148 Å². The molecule has 0 saturated carbocycles. The molecule has 0 aromatic heterocycles. The van der Waals surface area contributed by atoms with Crippen LogP contribution in [0.2, 0.25) is 10.0 Å². The van der Waals surface area contributed by atoms with Gasteiger partial charge >= 0.3 is 5.97 Å². The van der Waals surface area contributed by atoms with Crippen LogP contribution in [-0.4, -0.2) is 23.8 Å². The lowest BCUT2D eigenvalue weighted by Gasteiger charge is -2.11. The highest BCUT2D eigenvalue weighted by Crippen LogP contribution is 2.29. The summed E-state index contributed by atoms with van der Waals surface area (Å²) >= 11 is 12.4. The van der Waals surface area contributed by atoms with E-state index in [1.807, 2.05) is 0 Å². The molecule has 1 N–H and O–H groups in total. The van der Waals surface area contributed by atoms with Gasteiger partial charge in [0.15, 0.2) is 0 Å². The number of nitrogens with one attached hydrogen (secondary N) is 1. The SMILES string of the molecule is CC(=O)O[C@H]1N=C(c2ccccc2Cl)c2cc(Cl)ccc2NC1=O. The zero-order valence-corrected chi connectivity index (χ0v) is 14.1. The van der Waals surface area contributed by atoms with Gasteiger partial charge in [-0.2, -0.15) is 0 Å². The fourth-order valence-electron chi connectivity index (χ4n) is 2.37. The van der Waals surface area contributed by atoms with Crippen molar-refractivity contribution >= 4 is 46.5 Å². The number of ether oxygens (including phenoxy) is 1. The van der Waals surface area contributed by atoms with Crippen molar-refractivity contribution in [1.29, 1.82) is 0 Å². The quantitative estimate of drug-likeness (QED) is 0.828. The Balaban J connectivity index is 2.23. The second kappa shape index (κ2) is 6.63. The molecular weight excluding hydrogens is 351 g/mol. The average molecular weight is 363 g/mol. The number of esters is 1. The third-order valence-corrected chi connectivity index (χ3v) is 3.94. The van der Waals surface area contributed by atoms with Gasteiger partial charge in [0, 0.05) is 28.1 Å². The van der Waals surface area contributed by atoms with Crippen molar-refractivity contribution in [2.75, 3.05) is 5.32 Å². The van der Waals surface area contributed by atoms with E-state index in [0.29, 0.717) is 32.6 Å². The number of benzodiazepines with no additional fused rings is 1. The zero-order valence-electron chi connectivity index (χ0n) is 12.5. The molecule has 0 unspecified atom stereocenters. The molecule has 3 rings (SSSR count). The van der Waals surface area contributed by atoms with Crippen molar-refractivity contribution in [1.82, 2.24) is 0 Å². The van der Waals surface area contributed by atoms with Crippen LogP contribution in [-0.2, 0) is 14.3 Å². The van der Waals surface area contributed by atoms with E-state index in [1.54, 1.807) is 42.5 Å². The summed E-state index contributed by atoms with van der Waals surface area (Å²) in [6.45, 7) is 1.22. The molecular formula is C17H12Cl2N2O3. The fraction of sp³-hybridized carbons (Fsp3) is 0.118. The van der Waals surface area contributed by atoms with E-state index in [2.05, 4.69) is 10.3 Å². The number of halogens is 2. The van der Waals surface area contributed by atoms with Gasteiger partial charge in [0.1, 0.15) is 0 Å². The number of hydrogen-bond acceptors (Lipinski definition) is 4. The van der Waals surface area contributed by atoms with Gasteiger partial charge in [-0.3, -0.25) is 9.59 Å². The highest BCUT2D eigenvalue weighted by atomic mass is 35.5. The van der Waals surface area contributed by atoms with Crippen LogP contribution in [0.25, 0.3) is 0 Å². The van der Waals surface area contributed by atoms with Gasteiger partial charge in [-0.05, 0) is 24.3 Å². The van der Waals surface area contributed by atoms with Crippen molar-refractivity contribution in [3.05, 3.63) is 63.6 Å². The number of hydrogen-bond donors (Lipinski definition) is 1. The Morgan fingerprint density at radius 1 is 1.17 bits per heavy atom. The van der Waals surface area contributed by atoms with Gasteiger partial charge in [0.25, 0.3) is 12.1 Å². The first-order valence-electron chi connectivity index (χ1n) is 7.06. The maximum Gasteiger partial charge on any atom is 0.305 e. The fourth-order valence-corrected chi connectivity index (χ4v) is 2.76. The van der Waals surface area contributed by atoms with Gasteiger partial charge in [-0.1, -0.05) is 41.4 Å². The normalized spacial score (nSPS) is 16.5. The Kier molecular flexibility index (Phi) is 4.55. The molecule has 1 amide bonds. The largest absolute Gasteiger partial charge is 0.430 e. The summed E-state index contributed by atoms with van der Waals surface area (Å²) in [5.74, 6) is -1.16. The maximum absolute atomic E-state index is 12.3. The predicted molar refractivity (Wildman–Crippen MR) is 92.7 cm³/mol. The molecule has 7 heteroatoms.